The van der Waals surface area contributed by atoms with Crippen molar-refractivity contribution in [1.82, 2.24) is 15.3 Å². The smallest absolute Gasteiger partial charge is 0.326 e. The number of carbonyl (C=O) groups excluding carboxylic acids is 1. The van der Waals surface area contributed by atoms with Crippen molar-refractivity contribution in [2.75, 3.05) is 35.2 Å². The number of hydrogen-bond donors (Lipinski definition) is 9. The Bertz CT molecular complexity index is 1060. The van der Waals surface area contributed by atoms with E-state index in [4.69, 9.17) is 27.4 Å². The summed E-state index contributed by atoms with van der Waals surface area (Å²) in [6.07, 6.45) is -0.612. The lowest BCUT2D eigenvalue weighted by Gasteiger charge is -2.16. The third-order valence-electron chi connectivity index (χ3n) is 4.47. The number of carboxylic acids is 2. The molecule has 0 spiro atoms. The van der Waals surface area contributed by atoms with Gasteiger partial charge in [-0.3, -0.25) is 19.4 Å². The zero-order valence-corrected chi connectivity index (χ0v) is 17.5. The van der Waals surface area contributed by atoms with Gasteiger partial charge in [0.2, 0.25) is 5.95 Å². The molecule has 12 N–H and O–H groups in total. The number of benzene rings is 1. The van der Waals surface area contributed by atoms with Crippen molar-refractivity contribution in [3.8, 4) is 0 Å². The molecule has 1 aromatic heterocycles. The highest BCUT2D eigenvalue weighted by Crippen LogP contribution is 2.12. The third kappa shape index (κ3) is 7.70. The van der Waals surface area contributed by atoms with Gasteiger partial charge >= 0.3 is 11.9 Å². The molecular weight excluding hydrogens is 436 g/mol. The van der Waals surface area contributed by atoms with Gasteiger partial charge in [-0.05, 0) is 30.7 Å². The van der Waals surface area contributed by atoms with Gasteiger partial charge in [-0.2, -0.15) is 4.98 Å². The molecule has 2 rings (SSSR count). The Morgan fingerprint density at radius 2 is 1.70 bits per heavy atom. The largest absolute Gasteiger partial charge is 0.481 e. The van der Waals surface area contributed by atoms with Crippen LogP contribution in [0.1, 0.15) is 23.2 Å². The van der Waals surface area contributed by atoms with Gasteiger partial charge in [0.05, 0.1) is 0 Å². The quantitative estimate of drug-likeness (QED) is 0.181. The summed E-state index contributed by atoms with van der Waals surface area (Å²) in [5, 5.41) is 26.1. The lowest BCUT2D eigenvalue weighted by Crippen LogP contribution is -2.41. The lowest BCUT2D eigenvalue weighted by molar-refractivity contribution is -0.140. The van der Waals surface area contributed by atoms with Crippen molar-refractivity contribution in [3.05, 3.63) is 40.2 Å². The van der Waals surface area contributed by atoms with Gasteiger partial charge < -0.3 is 43.4 Å². The summed E-state index contributed by atoms with van der Waals surface area (Å²) < 4.78 is 0. The van der Waals surface area contributed by atoms with Gasteiger partial charge in [0, 0.05) is 36.8 Å². The van der Waals surface area contributed by atoms with E-state index in [2.05, 4.69) is 25.9 Å². The second kappa shape index (κ2) is 11.3. The Morgan fingerprint density at radius 1 is 1.06 bits per heavy atom. The molecule has 1 amide bonds. The van der Waals surface area contributed by atoms with E-state index in [0.29, 0.717) is 12.2 Å². The molecule has 33 heavy (non-hydrogen) atoms. The minimum Gasteiger partial charge on any atom is -0.481 e. The topological polar surface area (TPSA) is 252 Å². The zero-order chi connectivity index (χ0) is 24.5. The second-order valence-corrected chi connectivity index (χ2v) is 7.11. The van der Waals surface area contributed by atoms with Crippen LogP contribution in [-0.2, 0) is 9.59 Å². The van der Waals surface area contributed by atoms with Crippen LogP contribution in [0.15, 0.2) is 29.1 Å². The second-order valence-electron chi connectivity index (χ2n) is 7.11. The summed E-state index contributed by atoms with van der Waals surface area (Å²) in [5.41, 5.74) is 17.4. The Kier molecular flexibility index (Phi) is 8.56. The Labute approximate surface area is 187 Å². The molecule has 0 aliphatic heterocycles. The van der Waals surface area contributed by atoms with Crippen molar-refractivity contribution in [3.63, 3.8) is 0 Å². The number of anilines is 4. The van der Waals surface area contributed by atoms with Crippen LogP contribution in [0.4, 0.5) is 23.1 Å². The number of aromatic nitrogens is 2. The van der Waals surface area contributed by atoms with Crippen LogP contribution in [0.3, 0.4) is 0 Å². The van der Waals surface area contributed by atoms with Crippen LogP contribution in [-0.4, -0.2) is 63.2 Å². The molecule has 14 nitrogen and oxygen atoms in total. The maximum Gasteiger partial charge on any atom is 0.326 e. The molecule has 0 aliphatic rings. The van der Waals surface area contributed by atoms with Crippen molar-refractivity contribution in [2.45, 2.75) is 24.9 Å². The van der Waals surface area contributed by atoms with E-state index < -0.39 is 35.5 Å². The van der Waals surface area contributed by atoms with Crippen LogP contribution in [0, 0.1) is 0 Å². The first kappa shape index (κ1) is 24.9. The highest BCUT2D eigenvalue weighted by atomic mass is 16.4. The van der Waals surface area contributed by atoms with Crippen LogP contribution < -0.4 is 38.7 Å². The van der Waals surface area contributed by atoms with E-state index in [1.54, 1.807) is 12.1 Å². The molecule has 0 fully saturated rings. The third-order valence-corrected chi connectivity index (χ3v) is 4.47. The maximum absolute atomic E-state index is 12.3. The predicted octanol–water partition coefficient (Wildman–Crippen LogP) is -1.17. The summed E-state index contributed by atoms with van der Waals surface area (Å²) in [6, 6.07) is 4.48. The number of aliphatic carboxylic acids is 2. The average molecular weight is 462 g/mol. The monoisotopic (exact) mass is 462 g/mol. The van der Waals surface area contributed by atoms with Gasteiger partial charge in [0.25, 0.3) is 11.5 Å². The van der Waals surface area contributed by atoms with E-state index in [9.17, 15) is 19.2 Å². The van der Waals surface area contributed by atoms with E-state index in [1.165, 1.54) is 12.1 Å². The number of carbonyl (C=O) groups is 3. The number of aromatic amines is 1. The molecule has 0 saturated carbocycles. The number of carboxylic acid groups (broad SMARTS) is 2. The number of H-pyrrole nitrogens is 1. The van der Waals surface area contributed by atoms with Crippen molar-refractivity contribution in [2.24, 2.45) is 5.73 Å². The van der Waals surface area contributed by atoms with E-state index >= 15 is 0 Å². The average Bonchev–Trinajstić information content (AvgIpc) is 2.76. The van der Waals surface area contributed by atoms with Gasteiger partial charge in [-0.1, -0.05) is 0 Å². The first-order chi connectivity index (χ1) is 15.6. The van der Waals surface area contributed by atoms with Gasteiger partial charge in [0.1, 0.15) is 11.7 Å². The molecule has 2 aromatic rings. The molecule has 0 radical (unpaired) electrons. The molecule has 0 bridgehead atoms. The predicted molar refractivity (Wildman–Crippen MR) is 121 cm³/mol. The molecule has 178 valence electrons. The molecule has 0 unspecified atom stereocenters. The number of nitrogens with zero attached hydrogens (tertiary/aromatic N) is 1. The molecule has 14 heteroatoms. The SMILES string of the molecule is Nc1nc(NC[C@@H](N)CNc2ccc(C(=O)N[C@@H](CCC(=O)O)C(=O)O)cc2)c(N)c(=O)[nH]1. The first-order valence-corrected chi connectivity index (χ1v) is 9.81. The van der Waals surface area contributed by atoms with Crippen LogP contribution >= 0.6 is 0 Å². The molecule has 1 heterocycles. The molecule has 1 aromatic carbocycles. The van der Waals surface area contributed by atoms with E-state index in [-0.39, 0.29) is 42.4 Å². The molecule has 0 aliphatic carbocycles. The standard InChI is InChI=1S/C19H26N8O6/c20-10(8-24-15-14(21)17(31)27-19(22)26-15)7-23-11-3-1-9(2-4-11)16(30)25-12(18(32)33)5-6-13(28)29/h1-4,10,12,23H,5-8,20-21H2,(H,25,30)(H,28,29)(H,32,33)(H4,22,24,26,27,31)/t10-,12-/m0/s1. The number of rotatable bonds is 12. The minimum absolute atomic E-state index is 0.0796. The van der Waals surface area contributed by atoms with Crippen molar-refractivity contribution < 1.29 is 24.6 Å². The summed E-state index contributed by atoms with van der Waals surface area (Å²) in [7, 11) is 0. The van der Waals surface area contributed by atoms with Crippen LogP contribution in [0.5, 0.6) is 0 Å². The number of nitrogens with two attached hydrogens (primary N) is 3. The zero-order valence-electron chi connectivity index (χ0n) is 17.5. The van der Waals surface area contributed by atoms with Crippen LogP contribution in [0.25, 0.3) is 0 Å². The number of amides is 1. The van der Waals surface area contributed by atoms with Gasteiger partial charge in [-0.15, -0.1) is 0 Å². The Hall–Kier alpha value is -4.33. The van der Waals surface area contributed by atoms with E-state index in [1.807, 2.05) is 0 Å². The fourth-order valence-corrected chi connectivity index (χ4v) is 2.69. The van der Waals surface area contributed by atoms with E-state index in [0.717, 1.165) is 0 Å². The summed E-state index contributed by atoms with van der Waals surface area (Å²) >= 11 is 0. The number of nitrogens with one attached hydrogen (secondary N) is 4. The summed E-state index contributed by atoms with van der Waals surface area (Å²) in [6.45, 7) is 0.563. The van der Waals surface area contributed by atoms with Gasteiger partial charge in [-0.25, -0.2) is 4.79 Å². The van der Waals surface area contributed by atoms with Crippen molar-refractivity contribution in [1.29, 1.82) is 0 Å². The fraction of sp³-hybridized carbons (Fsp3) is 0.316. The molecule has 0 saturated heterocycles. The molecule has 2 atom stereocenters. The number of hydrogen-bond acceptors (Lipinski definition) is 10. The Balaban J connectivity index is 1.86. The fourth-order valence-electron chi connectivity index (χ4n) is 2.69. The number of nitrogen functional groups attached to an aromatic ring is 2. The highest BCUT2D eigenvalue weighted by Gasteiger charge is 2.21. The van der Waals surface area contributed by atoms with Crippen molar-refractivity contribution >= 4 is 41.0 Å². The van der Waals surface area contributed by atoms with Crippen LogP contribution in [0.2, 0.25) is 0 Å². The Morgan fingerprint density at radius 3 is 2.30 bits per heavy atom. The maximum atomic E-state index is 12.3. The minimum atomic E-state index is -1.31. The van der Waals surface area contributed by atoms with Gasteiger partial charge in [0.15, 0.2) is 5.82 Å². The molecular formula is C19H26N8O6. The highest BCUT2D eigenvalue weighted by molar-refractivity contribution is 5.96. The normalized spacial score (nSPS) is 12.4. The summed E-state index contributed by atoms with van der Waals surface area (Å²) in [4.78, 5) is 51.9. The summed E-state index contributed by atoms with van der Waals surface area (Å²) in [5.74, 6) is -3.05. The first-order valence-electron chi connectivity index (χ1n) is 9.81. The lowest BCUT2D eigenvalue weighted by atomic mass is 10.1.